The first-order chi connectivity index (χ1) is 17.9. The van der Waals surface area contributed by atoms with Crippen LogP contribution in [0.5, 0.6) is 5.75 Å². The molecular weight excluding hydrogens is 466 g/mol. The average molecular weight is 504 g/mol. The van der Waals surface area contributed by atoms with E-state index < -0.39 is 11.6 Å². The highest BCUT2D eigenvalue weighted by Crippen LogP contribution is 2.31. The summed E-state index contributed by atoms with van der Waals surface area (Å²) in [6, 6.07) is 18.9. The number of hydrogen-bond acceptors (Lipinski definition) is 6. The molecule has 7 nitrogen and oxygen atoms in total. The zero-order valence-corrected chi connectivity index (χ0v) is 22.1. The van der Waals surface area contributed by atoms with Gasteiger partial charge in [-0.1, -0.05) is 30.3 Å². The first kappa shape index (κ1) is 25.3. The molecule has 0 radical (unpaired) electrons. The van der Waals surface area contributed by atoms with Gasteiger partial charge in [0.25, 0.3) is 0 Å². The Labute approximate surface area is 219 Å². The smallest absolute Gasteiger partial charge is 0.337 e. The van der Waals surface area contributed by atoms with Gasteiger partial charge in [-0.25, -0.2) is 4.79 Å². The van der Waals surface area contributed by atoms with Crippen LogP contribution in [0.25, 0.3) is 11.3 Å². The molecule has 1 saturated heterocycles. The van der Waals surface area contributed by atoms with Crippen LogP contribution in [-0.4, -0.2) is 47.7 Å². The fourth-order valence-electron chi connectivity index (χ4n) is 4.93. The number of aromatic nitrogens is 2. The van der Waals surface area contributed by atoms with Crippen molar-refractivity contribution in [2.24, 2.45) is 0 Å². The number of nitrogens with zero attached hydrogens (tertiary/aromatic N) is 3. The van der Waals surface area contributed by atoms with Crippen LogP contribution >= 0.6 is 0 Å². The summed E-state index contributed by atoms with van der Waals surface area (Å²) < 4.78 is 19.1. The fraction of sp³-hybridized carbons (Fsp3) is 0.467. The summed E-state index contributed by atoms with van der Waals surface area (Å²) in [7, 11) is 1.37. The summed E-state index contributed by atoms with van der Waals surface area (Å²) in [5, 5.41) is 4.94. The number of methoxy groups -OCH3 is 1. The van der Waals surface area contributed by atoms with E-state index in [2.05, 4.69) is 41.3 Å². The van der Waals surface area contributed by atoms with Crippen molar-refractivity contribution < 1.29 is 19.0 Å². The van der Waals surface area contributed by atoms with Crippen LogP contribution in [0.15, 0.2) is 54.6 Å². The maximum atomic E-state index is 12.1. The van der Waals surface area contributed by atoms with Gasteiger partial charge in [-0.15, -0.1) is 0 Å². The molecule has 196 valence electrons. The molecule has 2 aromatic carbocycles. The normalized spacial score (nSPS) is 16.0. The van der Waals surface area contributed by atoms with Crippen LogP contribution in [-0.2, 0) is 27.4 Å². The maximum Gasteiger partial charge on any atom is 0.337 e. The van der Waals surface area contributed by atoms with E-state index in [0.717, 1.165) is 48.6 Å². The molecule has 37 heavy (non-hydrogen) atoms. The number of esters is 1. The summed E-state index contributed by atoms with van der Waals surface area (Å²) in [6.45, 7) is 6.44. The zero-order chi connectivity index (χ0) is 25.8. The van der Waals surface area contributed by atoms with Gasteiger partial charge >= 0.3 is 5.97 Å². The molecular formula is C30H37N3O4. The summed E-state index contributed by atoms with van der Waals surface area (Å²) in [5.41, 5.74) is 4.24. The highest BCUT2D eigenvalue weighted by Gasteiger charge is 2.30. The van der Waals surface area contributed by atoms with Crippen molar-refractivity contribution in [1.29, 1.82) is 0 Å². The van der Waals surface area contributed by atoms with Crippen LogP contribution in [0, 0.1) is 0 Å². The minimum absolute atomic E-state index is 0.203. The zero-order valence-electron chi connectivity index (χ0n) is 22.1. The third-order valence-electron chi connectivity index (χ3n) is 7.33. The van der Waals surface area contributed by atoms with E-state index in [4.69, 9.17) is 19.3 Å². The second-order valence-electron chi connectivity index (χ2n) is 10.5. The second kappa shape index (κ2) is 11.0. The molecule has 1 saturated carbocycles. The molecule has 0 bridgehead atoms. The van der Waals surface area contributed by atoms with Crippen LogP contribution in [0.1, 0.15) is 57.2 Å². The summed E-state index contributed by atoms with van der Waals surface area (Å²) >= 11 is 0. The molecule has 1 aliphatic carbocycles. The quantitative estimate of drug-likeness (QED) is 0.336. The monoisotopic (exact) mass is 503 g/mol. The number of anilines is 1. The predicted octanol–water partition coefficient (Wildman–Crippen LogP) is 5.60. The topological polar surface area (TPSA) is 65.8 Å². The van der Waals surface area contributed by atoms with Crippen molar-refractivity contribution in [1.82, 2.24) is 9.78 Å². The van der Waals surface area contributed by atoms with Gasteiger partial charge in [0.05, 0.1) is 37.8 Å². The fourth-order valence-corrected chi connectivity index (χ4v) is 4.93. The number of carbonyl (C=O) groups excluding carboxylic acids is 1. The lowest BCUT2D eigenvalue weighted by molar-refractivity contribution is -0.166. The largest absolute Gasteiger partial charge is 0.490 e. The Morgan fingerprint density at radius 2 is 1.81 bits per heavy atom. The Hall–Kier alpha value is -3.32. The van der Waals surface area contributed by atoms with Gasteiger partial charge in [-0.2, -0.15) is 5.10 Å². The van der Waals surface area contributed by atoms with Gasteiger partial charge in [0.15, 0.2) is 5.60 Å². The van der Waals surface area contributed by atoms with Gasteiger partial charge in [0, 0.05) is 24.3 Å². The van der Waals surface area contributed by atoms with E-state index in [0.29, 0.717) is 12.6 Å². The predicted molar refractivity (Wildman–Crippen MR) is 144 cm³/mol. The molecule has 2 aliphatic rings. The Bertz CT molecular complexity index is 1230. The molecule has 1 aromatic heterocycles. The van der Waals surface area contributed by atoms with E-state index in [1.165, 1.54) is 37.6 Å². The minimum atomic E-state index is -1.06. The minimum Gasteiger partial charge on any atom is -0.490 e. The molecule has 0 atom stereocenters. The molecule has 3 aromatic rings. The number of para-hydroxylation sites is 1. The number of ether oxygens (including phenoxy) is 3. The van der Waals surface area contributed by atoms with Gasteiger partial charge in [-0.3, -0.25) is 4.68 Å². The molecule has 5 rings (SSSR count). The number of benzene rings is 2. The van der Waals surface area contributed by atoms with E-state index in [9.17, 15) is 4.79 Å². The lowest BCUT2D eigenvalue weighted by Gasteiger charge is -2.26. The Morgan fingerprint density at radius 1 is 1.03 bits per heavy atom. The van der Waals surface area contributed by atoms with Crippen molar-refractivity contribution in [3.8, 4) is 17.0 Å². The van der Waals surface area contributed by atoms with Gasteiger partial charge in [-0.05, 0) is 75.8 Å². The number of rotatable bonds is 10. The van der Waals surface area contributed by atoms with Crippen molar-refractivity contribution >= 4 is 11.7 Å². The lowest BCUT2D eigenvalue weighted by atomic mass is 9.96. The SMILES string of the molecule is COC(=O)C(C)(C)OCc1cc(-c2cccc(OC3CCC3)c2)n(Cc2ccccc2N2CCCC2)n1. The first-order valence-corrected chi connectivity index (χ1v) is 13.3. The van der Waals surface area contributed by atoms with Crippen molar-refractivity contribution in [3.63, 3.8) is 0 Å². The van der Waals surface area contributed by atoms with Crippen LogP contribution in [0.4, 0.5) is 5.69 Å². The van der Waals surface area contributed by atoms with Gasteiger partial charge < -0.3 is 19.1 Å². The van der Waals surface area contributed by atoms with Crippen molar-refractivity contribution in [2.75, 3.05) is 25.1 Å². The van der Waals surface area contributed by atoms with E-state index in [-0.39, 0.29) is 6.61 Å². The third kappa shape index (κ3) is 5.82. The Kier molecular flexibility index (Phi) is 7.51. The molecule has 2 heterocycles. The van der Waals surface area contributed by atoms with Crippen molar-refractivity contribution in [3.05, 3.63) is 65.9 Å². The highest BCUT2D eigenvalue weighted by atomic mass is 16.6. The average Bonchev–Trinajstić information content (AvgIpc) is 3.56. The van der Waals surface area contributed by atoms with Crippen LogP contribution in [0.3, 0.4) is 0 Å². The summed E-state index contributed by atoms with van der Waals surface area (Å²) in [5.74, 6) is 0.476. The van der Waals surface area contributed by atoms with Gasteiger partial charge in [0.1, 0.15) is 5.75 Å². The standard InChI is InChI=1S/C30H37N3O4/c1-30(2,29(34)35-3)36-21-24-19-28(22-11-8-14-26(18-22)37-25-12-9-13-25)33(31-24)20-23-10-4-5-15-27(23)32-16-6-7-17-32/h4-5,8,10-11,14-15,18-19,25H,6-7,9,12-13,16-17,20-21H2,1-3H3. The second-order valence-corrected chi connectivity index (χ2v) is 10.5. The van der Waals surface area contributed by atoms with Crippen molar-refractivity contribution in [2.45, 2.75) is 70.8 Å². The Balaban J connectivity index is 1.45. The molecule has 2 fully saturated rings. The Morgan fingerprint density at radius 3 is 2.54 bits per heavy atom. The molecule has 0 unspecified atom stereocenters. The number of carbonyl (C=O) groups is 1. The third-order valence-corrected chi connectivity index (χ3v) is 7.33. The summed E-state index contributed by atoms with van der Waals surface area (Å²) in [6.07, 6.45) is 6.25. The maximum absolute atomic E-state index is 12.1. The highest BCUT2D eigenvalue weighted by molar-refractivity contribution is 5.78. The summed E-state index contributed by atoms with van der Waals surface area (Å²) in [4.78, 5) is 14.6. The molecule has 0 N–H and O–H groups in total. The van der Waals surface area contributed by atoms with Gasteiger partial charge in [0.2, 0.25) is 0 Å². The molecule has 1 aliphatic heterocycles. The molecule has 0 amide bonds. The first-order valence-electron chi connectivity index (χ1n) is 13.3. The van der Waals surface area contributed by atoms with E-state index >= 15 is 0 Å². The van der Waals surface area contributed by atoms with E-state index in [1.807, 2.05) is 22.9 Å². The molecule has 0 spiro atoms. The van der Waals surface area contributed by atoms with E-state index in [1.54, 1.807) is 13.8 Å². The van der Waals surface area contributed by atoms with Crippen LogP contribution < -0.4 is 9.64 Å². The van der Waals surface area contributed by atoms with Crippen LogP contribution in [0.2, 0.25) is 0 Å². The molecule has 7 heteroatoms. The lowest BCUT2D eigenvalue weighted by Crippen LogP contribution is -2.35. The number of hydrogen-bond donors (Lipinski definition) is 0.